The molecular formula is C17H11Cl2N3O4. The molecule has 26 heavy (non-hydrogen) atoms. The number of ether oxygens (including phenoxy) is 2. The summed E-state index contributed by atoms with van der Waals surface area (Å²) in [5.74, 6) is 0.900. The minimum Gasteiger partial charge on any atom is -0.485 e. The summed E-state index contributed by atoms with van der Waals surface area (Å²) in [6.45, 7) is 0.215. The maximum absolute atomic E-state index is 12.3. The van der Waals surface area contributed by atoms with Crippen LogP contribution in [-0.2, 0) is 0 Å². The number of nitrogens with one attached hydrogen (secondary N) is 1. The zero-order chi connectivity index (χ0) is 18.1. The van der Waals surface area contributed by atoms with E-state index in [0.29, 0.717) is 16.5 Å². The number of aromatic nitrogens is 2. The first kappa shape index (κ1) is 16.7. The molecule has 0 fully saturated rings. The van der Waals surface area contributed by atoms with E-state index in [4.69, 9.17) is 37.1 Å². The summed E-state index contributed by atoms with van der Waals surface area (Å²) in [4.78, 5) is 12.3. The number of benzene rings is 2. The molecule has 1 aliphatic heterocycles. The van der Waals surface area contributed by atoms with Crippen LogP contribution in [-0.4, -0.2) is 22.7 Å². The Morgan fingerprint density at radius 3 is 2.77 bits per heavy atom. The second-order valence-electron chi connectivity index (χ2n) is 5.39. The minimum atomic E-state index is -0.571. The summed E-state index contributed by atoms with van der Waals surface area (Å²) in [5.41, 5.74) is 0.199. The SMILES string of the molecule is O=C(Nc1nnc([C@H]2COc3ccccc3O2)o1)c1cc(Cl)ccc1Cl. The first-order valence-electron chi connectivity index (χ1n) is 7.58. The van der Waals surface area contributed by atoms with Gasteiger partial charge in [-0.25, -0.2) is 0 Å². The molecule has 2 aromatic carbocycles. The lowest BCUT2D eigenvalue weighted by molar-refractivity contribution is 0.0716. The summed E-state index contributed by atoms with van der Waals surface area (Å²) < 4.78 is 16.9. The van der Waals surface area contributed by atoms with Crippen LogP contribution in [0.3, 0.4) is 0 Å². The van der Waals surface area contributed by atoms with E-state index in [0.717, 1.165) is 0 Å². The topological polar surface area (TPSA) is 86.5 Å². The van der Waals surface area contributed by atoms with Crippen LogP contribution in [0.15, 0.2) is 46.9 Å². The van der Waals surface area contributed by atoms with Crippen molar-refractivity contribution >= 4 is 35.1 Å². The molecule has 0 saturated heterocycles. The van der Waals surface area contributed by atoms with E-state index >= 15 is 0 Å². The van der Waals surface area contributed by atoms with Crippen LogP contribution in [0.1, 0.15) is 22.4 Å². The molecule has 0 aliphatic carbocycles. The van der Waals surface area contributed by atoms with Gasteiger partial charge in [0.15, 0.2) is 11.5 Å². The number of fused-ring (bicyclic) bond motifs is 1. The normalized spacial score (nSPS) is 15.5. The Hall–Kier alpha value is -2.77. The summed E-state index contributed by atoms with van der Waals surface area (Å²) >= 11 is 11.9. The smallest absolute Gasteiger partial charge is 0.322 e. The van der Waals surface area contributed by atoms with Gasteiger partial charge in [0, 0.05) is 5.02 Å². The maximum atomic E-state index is 12.3. The number of para-hydroxylation sites is 2. The Morgan fingerprint density at radius 2 is 1.92 bits per heavy atom. The molecule has 0 bridgehead atoms. The van der Waals surface area contributed by atoms with Crippen molar-refractivity contribution in [2.75, 3.05) is 11.9 Å². The first-order chi connectivity index (χ1) is 12.6. The van der Waals surface area contributed by atoms with Gasteiger partial charge in [0.1, 0.15) is 6.61 Å². The Kier molecular flexibility index (Phi) is 4.40. The van der Waals surface area contributed by atoms with Gasteiger partial charge in [-0.3, -0.25) is 10.1 Å². The van der Waals surface area contributed by atoms with Gasteiger partial charge in [0.25, 0.3) is 11.8 Å². The van der Waals surface area contributed by atoms with Crippen LogP contribution in [0, 0.1) is 0 Å². The summed E-state index contributed by atoms with van der Waals surface area (Å²) in [6, 6.07) is 11.8. The van der Waals surface area contributed by atoms with Crippen molar-refractivity contribution in [3.05, 3.63) is 64.0 Å². The van der Waals surface area contributed by atoms with Crippen molar-refractivity contribution in [3.8, 4) is 11.5 Å². The standard InChI is InChI=1S/C17H11Cl2N3O4/c18-9-5-6-11(19)10(7-9)15(23)20-17-22-21-16(26-17)14-8-24-12-3-1-2-4-13(12)25-14/h1-7,14H,8H2,(H,20,22,23)/t14-/m1/s1. The molecule has 9 heteroatoms. The van der Waals surface area contributed by atoms with Gasteiger partial charge in [-0.2, -0.15) is 0 Å². The number of hydrogen-bond acceptors (Lipinski definition) is 6. The molecule has 3 aromatic rings. The van der Waals surface area contributed by atoms with Crippen LogP contribution in [0.4, 0.5) is 6.01 Å². The van der Waals surface area contributed by atoms with E-state index in [9.17, 15) is 4.79 Å². The van der Waals surface area contributed by atoms with Gasteiger partial charge < -0.3 is 13.9 Å². The van der Waals surface area contributed by atoms with Crippen molar-refractivity contribution in [2.24, 2.45) is 0 Å². The summed E-state index contributed by atoms with van der Waals surface area (Å²) in [6.07, 6.45) is -0.571. The van der Waals surface area contributed by atoms with Gasteiger partial charge in [-0.15, -0.1) is 5.10 Å². The zero-order valence-electron chi connectivity index (χ0n) is 13.1. The summed E-state index contributed by atoms with van der Waals surface area (Å²) in [7, 11) is 0. The average molecular weight is 392 g/mol. The highest BCUT2D eigenvalue weighted by Crippen LogP contribution is 2.35. The van der Waals surface area contributed by atoms with E-state index < -0.39 is 12.0 Å². The lowest BCUT2D eigenvalue weighted by Gasteiger charge is -2.23. The zero-order valence-corrected chi connectivity index (χ0v) is 14.6. The van der Waals surface area contributed by atoms with Crippen LogP contribution < -0.4 is 14.8 Å². The van der Waals surface area contributed by atoms with E-state index in [1.165, 1.54) is 12.1 Å². The van der Waals surface area contributed by atoms with Crippen molar-refractivity contribution in [3.63, 3.8) is 0 Å². The molecule has 1 amide bonds. The molecule has 1 aromatic heterocycles. The van der Waals surface area contributed by atoms with Gasteiger partial charge in [0.2, 0.25) is 6.10 Å². The molecule has 1 N–H and O–H groups in total. The molecule has 2 heterocycles. The number of nitrogens with zero attached hydrogens (tertiary/aromatic N) is 2. The number of hydrogen-bond donors (Lipinski definition) is 1. The number of rotatable bonds is 3. The van der Waals surface area contributed by atoms with Crippen LogP contribution in [0.5, 0.6) is 11.5 Å². The number of amides is 1. The van der Waals surface area contributed by atoms with Crippen molar-refractivity contribution in [1.29, 1.82) is 0 Å². The van der Waals surface area contributed by atoms with Crippen LogP contribution >= 0.6 is 23.2 Å². The largest absolute Gasteiger partial charge is 0.485 e. The molecule has 0 spiro atoms. The van der Waals surface area contributed by atoms with Crippen molar-refractivity contribution in [2.45, 2.75) is 6.10 Å². The van der Waals surface area contributed by atoms with E-state index in [1.807, 2.05) is 12.1 Å². The van der Waals surface area contributed by atoms with Gasteiger partial charge in [0.05, 0.1) is 10.6 Å². The Morgan fingerprint density at radius 1 is 1.12 bits per heavy atom. The van der Waals surface area contributed by atoms with Gasteiger partial charge in [-0.1, -0.05) is 40.4 Å². The van der Waals surface area contributed by atoms with Crippen molar-refractivity contribution < 1.29 is 18.7 Å². The van der Waals surface area contributed by atoms with E-state index in [1.54, 1.807) is 18.2 Å². The third-order valence-corrected chi connectivity index (χ3v) is 4.18. The fourth-order valence-corrected chi connectivity index (χ4v) is 2.77. The number of anilines is 1. The quantitative estimate of drug-likeness (QED) is 0.721. The predicted molar refractivity (Wildman–Crippen MR) is 94.0 cm³/mol. The minimum absolute atomic E-state index is 0.0801. The predicted octanol–water partition coefficient (Wildman–Crippen LogP) is 4.14. The molecule has 4 rings (SSSR count). The Balaban J connectivity index is 1.49. The highest BCUT2D eigenvalue weighted by Gasteiger charge is 2.27. The maximum Gasteiger partial charge on any atom is 0.322 e. The van der Waals surface area contributed by atoms with Crippen LogP contribution in [0.2, 0.25) is 10.0 Å². The average Bonchev–Trinajstić information content (AvgIpc) is 3.11. The molecule has 132 valence electrons. The lowest BCUT2D eigenvalue weighted by atomic mass is 10.2. The molecule has 1 aliphatic rings. The molecule has 0 radical (unpaired) electrons. The highest BCUT2D eigenvalue weighted by atomic mass is 35.5. The monoisotopic (exact) mass is 391 g/mol. The Labute approximate surface area is 157 Å². The first-order valence-corrected chi connectivity index (χ1v) is 8.34. The van der Waals surface area contributed by atoms with E-state index in [2.05, 4.69) is 15.5 Å². The number of carbonyl (C=O) groups is 1. The molecule has 0 unspecified atom stereocenters. The van der Waals surface area contributed by atoms with Gasteiger partial charge in [-0.05, 0) is 30.3 Å². The number of halogens is 2. The lowest BCUT2D eigenvalue weighted by Crippen LogP contribution is -2.21. The second kappa shape index (κ2) is 6.86. The third kappa shape index (κ3) is 3.31. The fourth-order valence-electron chi connectivity index (χ4n) is 2.39. The van der Waals surface area contributed by atoms with Crippen LogP contribution in [0.25, 0.3) is 0 Å². The molecule has 7 nitrogen and oxygen atoms in total. The fraction of sp³-hybridized carbons (Fsp3) is 0.118. The summed E-state index contributed by atoms with van der Waals surface area (Å²) in [5, 5.41) is 10.8. The third-order valence-electron chi connectivity index (χ3n) is 3.62. The second-order valence-corrected chi connectivity index (χ2v) is 6.23. The number of carbonyl (C=O) groups excluding carboxylic acids is 1. The van der Waals surface area contributed by atoms with Gasteiger partial charge >= 0.3 is 6.01 Å². The van der Waals surface area contributed by atoms with E-state index in [-0.39, 0.29) is 29.1 Å². The molecule has 0 saturated carbocycles. The highest BCUT2D eigenvalue weighted by molar-refractivity contribution is 6.36. The molecular weight excluding hydrogens is 381 g/mol. The molecule has 1 atom stereocenters. The van der Waals surface area contributed by atoms with Crippen molar-refractivity contribution in [1.82, 2.24) is 10.2 Å². The Bertz CT molecular complexity index is 976.